The average Bonchev–Trinajstić information content (AvgIpc) is 2.52. The molecular weight excluding hydrogens is 246 g/mol. The maximum atomic E-state index is 6.32. The highest BCUT2D eigenvalue weighted by molar-refractivity contribution is 4.80. The summed E-state index contributed by atoms with van der Waals surface area (Å²) in [6, 6.07) is 0.599. The Morgan fingerprint density at radius 3 is 2.50 bits per heavy atom. The molecule has 2 nitrogen and oxygen atoms in total. The second kappa shape index (κ2) is 9.04. The van der Waals surface area contributed by atoms with Crippen LogP contribution in [0.4, 0.5) is 0 Å². The molecule has 0 aromatic heterocycles. The van der Waals surface area contributed by atoms with E-state index in [1.165, 1.54) is 64.2 Å². The molecule has 0 aromatic rings. The second-order valence-electron chi connectivity index (χ2n) is 6.96. The summed E-state index contributed by atoms with van der Waals surface area (Å²) in [6.45, 7) is 6.58. The summed E-state index contributed by atoms with van der Waals surface area (Å²) in [5, 5.41) is 3.69. The quantitative estimate of drug-likeness (QED) is 0.740. The third-order valence-electron chi connectivity index (χ3n) is 5.51. The van der Waals surface area contributed by atoms with Crippen LogP contribution in [0.2, 0.25) is 0 Å². The van der Waals surface area contributed by atoms with Gasteiger partial charge in [-0.15, -0.1) is 0 Å². The van der Waals surface area contributed by atoms with Crippen molar-refractivity contribution in [3.63, 3.8) is 0 Å². The summed E-state index contributed by atoms with van der Waals surface area (Å²) in [5.74, 6) is 1.77. The lowest BCUT2D eigenvalue weighted by Gasteiger charge is -2.34. The molecule has 0 aliphatic heterocycles. The van der Waals surface area contributed by atoms with Gasteiger partial charge in [0.15, 0.2) is 0 Å². The largest absolute Gasteiger partial charge is 0.377 e. The fourth-order valence-electron chi connectivity index (χ4n) is 4.16. The molecule has 3 atom stereocenters. The number of likely N-dealkylation sites (N-methyl/N-ethyl adjacent to an activating group) is 1. The van der Waals surface area contributed by atoms with Crippen LogP contribution in [0.1, 0.15) is 78.1 Å². The molecular formula is C18H35NO. The molecule has 0 saturated heterocycles. The minimum atomic E-state index is 0.540. The number of hydrogen-bond acceptors (Lipinski definition) is 2. The van der Waals surface area contributed by atoms with Gasteiger partial charge in [-0.25, -0.2) is 0 Å². The lowest BCUT2D eigenvalue weighted by Crippen LogP contribution is -2.42. The molecule has 0 radical (unpaired) electrons. The van der Waals surface area contributed by atoms with Gasteiger partial charge in [0.05, 0.1) is 12.7 Å². The summed E-state index contributed by atoms with van der Waals surface area (Å²) in [6.07, 6.45) is 14.4. The first-order valence-electron chi connectivity index (χ1n) is 9.18. The zero-order valence-electron chi connectivity index (χ0n) is 13.7. The minimum absolute atomic E-state index is 0.540. The molecule has 2 rings (SSSR count). The van der Waals surface area contributed by atoms with E-state index in [0.29, 0.717) is 12.1 Å². The average molecular weight is 281 g/mol. The van der Waals surface area contributed by atoms with Crippen LogP contribution < -0.4 is 5.32 Å². The topological polar surface area (TPSA) is 21.3 Å². The summed E-state index contributed by atoms with van der Waals surface area (Å²) in [4.78, 5) is 0. The highest BCUT2D eigenvalue weighted by Crippen LogP contribution is 2.30. The maximum Gasteiger partial charge on any atom is 0.0626 e. The number of hydrogen-bond donors (Lipinski definition) is 1. The van der Waals surface area contributed by atoms with E-state index in [1.54, 1.807) is 0 Å². The van der Waals surface area contributed by atoms with E-state index in [-0.39, 0.29) is 0 Å². The lowest BCUT2D eigenvalue weighted by molar-refractivity contribution is -0.00856. The standard InChI is InChI=1S/C18H35NO/c1-3-15-9-8-12-17(13-15)20-14-18(19-4-2)16-10-6-5-7-11-16/h15-19H,3-14H2,1-2H3. The Labute approximate surface area is 126 Å². The van der Waals surface area contributed by atoms with Gasteiger partial charge in [0.2, 0.25) is 0 Å². The van der Waals surface area contributed by atoms with Crippen molar-refractivity contribution in [2.45, 2.75) is 90.2 Å². The Kier molecular flexibility index (Phi) is 7.37. The highest BCUT2D eigenvalue weighted by Gasteiger charge is 2.26. The molecule has 0 bridgehead atoms. The Balaban J connectivity index is 1.75. The SMILES string of the molecule is CCNC(COC1CCCC(CC)C1)C1CCCCC1. The maximum absolute atomic E-state index is 6.32. The molecule has 0 aromatic carbocycles. The second-order valence-corrected chi connectivity index (χ2v) is 6.96. The van der Waals surface area contributed by atoms with Crippen molar-refractivity contribution in [1.29, 1.82) is 0 Å². The van der Waals surface area contributed by atoms with Gasteiger partial charge in [-0.05, 0) is 44.1 Å². The van der Waals surface area contributed by atoms with Gasteiger partial charge in [0.1, 0.15) is 0 Å². The first-order chi connectivity index (χ1) is 9.83. The minimum Gasteiger partial charge on any atom is -0.377 e. The smallest absolute Gasteiger partial charge is 0.0626 e. The molecule has 2 saturated carbocycles. The van der Waals surface area contributed by atoms with Gasteiger partial charge in [-0.1, -0.05) is 52.4 Å². The van der Waals surface area contributed by atoms with Crippen molar-refractivity contribution >= 4 is 0 Å². The summed E-state index contributed by atoms with van der Waals surface area (Å²) in [7, 11) is 0. The van der Waals surface area contributed by atoms with Crippen LogP contribution in [0, 0.1) is 11.8 Å². The molecule has 0 heterocycles. The van der Waals surface area contributed by atoms with Crippen LogP contribution in [-0.2, 0) is 4.74 Å². The monoisotopic (exact) mass is 281 g/mol. The number of nitrogens with one attached hydrogen (secondary N) is 1. The summed E-state index contributed by atoms with van der Waals surface area (Å²) >= 11 is 0. The first kappa shape index (κ1) is 16.3. The van der Waals surface area contributed by atoms with Crippen molar-refractivity contribution in [2.75, 3.05) is 13.2 Å². The van der Waals surface area contributed by atoms with Gasteiger partial charge in [-0.2, -0.15) is 0 Å². The van der Waals surface area contributed by atoms with Crippen LogP contribution in [-0.4, -0.2) is 25.3 Å². The number of ether oxygens (including phenoxy) is 1. The molecule has 20 heavy (non-hydrogen) atoms. The van der Waals surface area contributed by atoms with Gasteiger partial charge in [0.25, 0.3) is 0 Å². The predicted molar refractivity (Wildman–Crippen MR) is 86.0 cm³/mol. The van der Waals surface area contributed by atoms with Crippen molar-refractivity contribution in [3.8, 4) is 0 Å². The normalized spacial score (nSPS) is 30.3. The molecule has 118 valence electrons. The zero-order chi connectivity index (χ0) is 14.2. The molecule has 0 spiro atoms. The summed E-state index contributed by atoms with van der Waals surface area (Å²) < 4.78 is 6.32. The fraction of sp³-hybridized carbons (Fsp3) is 1.00. The molecule has 3 unspecified atom stereocenters. The van der Waals surface area contributed by atoms with Crippen molar-refractivity contribution in [2.24, 2.45) is 11.8 Å². The first-order valence-corrected chi connectivity index (χ1v) is 9.18. The molecule has 2 aliphatic rings. The van der Waals surface area contributed by atoms with Crippen LogP contribution in [0.15, 0.2) is 0 Å². The Bertz CT molecular complexity index is 250. The zero-order valence-corrected chi connectivity index (χ0v) is 13.7. The molecule has 0 amide bonds. The van der Waals surface area contributed by atoms with Crippen molar-refractivity contribution < 1.29 is 4.74 Å². The van der Waals surface area contributed by atoms with Crippen molar-refractivity contribution in [3.05, 3.63) is 0 Å². The third kappa shape index (κ3) is 5.04. The van der Waals surface area contributed by atoms with Crippen LogP contribution in [0.3, 0.4) is 0 Å². The van der Waals surface area contributed by atoms with Gasteiger partial charge in [0, 0.05) is 6.04 Å². The Morgan fingerprint density at radius 2 is 1.80 bits per heavy atom. The van der Waals surface area contributed by atoms with E-state index in [4.69, 9.17) is 4.74 Å². The third-order valence-corrected chi connectivity index (χ3v) is 5.51. The molecule has 2 aliphatic carbocycles. The molecule has 1 N–H and O–H groups in total. The Hall–Kier alpha value is -0.0800. The predicted octanol–water partition coefficient (Wildman–Crippen LogP) is 4.53. The van der Waals surface area contributed by atoms with E-state index in [9.17, 15) is 0 Å². The molecule has 2 fully saturated rings. The lowest BCUT2D eigenvalue weighted by atomic mass is 9.83. The fourth-order valence-corrected chi connectivity index (χ4v) is 4.16. The Morgan fingerprint density at radius 1 is 1.00 bits per heavy atom. The van der Waals surface area contributed by atoms with Gasteiger partial charge in [-0.3, -0.25) is 0 Å². The van der Waals surface area contributed by atoms with Gasteiger partial charge >= 0.3 is 0 Å². The molecule has 2 heteroatoms. The highest BCUT2D eigenvalue weighted by atomic mass is 16.5. The van der Waals surface area contributed by atoms with Crippen LogP contribution >= 0.6 is 0 Å². The van der Waals surface area contributed by atoms with Crippen LogP contribution in [0.25, 0.3) is 0 Å². The van der Waals surface area contributed by atoms with E-state index in [0.717, 1.165) is 25.0 Å². The van der Waals surface area contributed by atoms with E-state index >= 15 is 0 Å². The van der Waals surface area contributed by atoms with E-state index < -0.39 is 0 Å². The summed E-state index contributed by atoms with van der Waals surface area (Å²) in [5.41, 5.74) is 0. The van der Waals surface area contributed by atoms with E-state index in [2.05, 4.69) is 19.2 Å². The number of rotatable bonds is 7. The van der Waals surface area contributed by atoms with Crippen molar-refractivity contribution in [1.82, 2.24) is 5.32 Å². The van der Waals surface area contributed by atoms with E-state index in [1.807, 2.05) is 0 Å². The van der Waals surface area contributed by atoms with Crippen LogP contribution in [0.5, 0.6) is 0 Å². The van der Waals surface area contributed by atoms with Gasteiger partial charge < -0.3 is 10.1 Å².